The number of benzene rings is 1. The predicted octanol–water partition coefficient (Wildman–Crippen LogP) is 2.12. The smallest absolute Gasteiger partial charge is 0.166 e. The molecule has 1 aromatic rings. The minimum atomic E-state index is -0.744. The Morgan fingerprint density at radius 2 is 2.20 bits per heavy atom. The van der Waals surface area contributed by atoms with Gasteiger partial charge in [0.2, 0.25) is 0 Å². The molecule has 1 atom stereocenters. The summed E-state index contributed by atoms with van der Waals surface area (Å²) >= 11 is 5.56. The van der Waals surface area contributed by atoms with Crippen LogP contribution in [0.4, 0.5) is 4.39 Å². The number of hydrogen-bond acceptors (Lipinski definition) is 3. The maximum Gasteiger partial charge on any atom is 0.166 e. The van der Waals surface area contributed by atoms with Gasteiger partial charge >= 0.3 is 0 Å². The van der Waals surface area contributed by atoms with Crippen LogP contribution in [0.2, 0.25) is 5.02 Å². The van der Waals surface area contributed by atoms with Gasteiger partial charge in [0, 0.05) is 18.1 Å². The first-order valence-corrected chi connectivity index (χ1v) is 4.77. The van der Waals surface area contributed by atoms with E-state index in [2.05, 4.69) is 0 Å². The Labute approximate surface area is 92.1 Å². The van der Waals surface area contributed by atoms with Crippen molar-refractivity contribution in [3.63, 3.8) is 0 Å². The molecule has 3 nitrogen and oxygen atoms in total. The molecular formula is C10H12ClFO3. The second-order valence-electron chi connectivity index (χ2n) is 3.26. The van der Waals surface area contributed by atoms with Crippen molar-refractivity contribution in [1.29, 1.82) is 0 Å². The van der Waals surface area contributed by atoms with E-state index < -0.39 is 11.9 Å². The second kappa shape index (κ2) is 4.68. The average molecular weight is 235 g/mol. The van der Waals surface area contributed by atoms with Gasteiger partial charge in [-0.25, -0.2) is 4.39 Å². The highest BCUT2D eigenvalue weighted by Gasteiger charge is 2.19. The van der Waals surface area contributed by atoms with E-state index in [4.69, 9.17) is 16.3 Å². The van der Waals surface area contributed by atoms with Crippen LogP contribution in [-0.2, 0) is 6.42 Å². The topological polar surface area (TPSA) is 49.7 Å². The number of phenols is 1. The molecule has 0 spiro atoms. The molecular weight excluding hydrogens is 223 g/mol. The zero-order chi connectivity index (χ0) is 11.6. The quantitative estimate of drug-likeness (QED) is 0.842. The van der Waals surface area contributed by atoms with Crippen molar-refractivity contribution < 1.29 is 19.3 Å². The molecule has 0 fully saturated rings. The van der Waals surface area contributed by atoms with E-state index in [0.29, 0.717) is 0 Å². The molecule has 0 bridgehead atoms. The summed E-state index contributed by atoms with van der Waals surface area (Å²) < 4.78 is 18.4. The Morgan fingerprint density at radius 3 is 2.67 bits per heavy atom. The molecule has 0 aliphatic heterocycles. The molecule has 5 heteroatoms. The highest BCUT2D eigenvalue weighted by atomic mass is 35.5. The summed E-state index contributed by atoms with van der Waals surface area (Å²) in [5.74, 6) is -0.899. The molecule has 0 aliphatic rings. The number of rotatable bonds is 3. The number of aliphatic hydroxyl groups excluding tert-OH is 1. The van der Waals surface area contributed by atoms with Crippen LogP contribution in [0, 0.1) is 5.82 Å². The van der Waals surface area contributed by atoms with Gasteiger partial charge in [-0.1, -0.05) is 11.6 Å². The summed E-state index contributed by atoms with van der Waals surface area (Å²) in [5.41, 5.74) is 0.0810. The number of halogens is 2. The maximum absolute atomic E-state index is 13.6. The monoisotopic (exact) mass is 234 g/mol. The van der Waals surface area contributed by atoms with Crippen LogP contribution < -0.4 is 4.74 Å². The van der Waals surface area contributed by atoms with Crippen LogP contribution in [0.1, 0.15) is 12.5 Å². The number of aliphatic hydroxyl groups is 1. The van der Waals surface area contributed by atoms with Crippen molar-refractivity contribution in [3.05, 3.63) is 22.5 Å². The van der Waals surface area contributed by atoms with E-state index in [9.17, 15) is 14.6 Å². The van der Waals surface area contributed by atoms with E-state index in [1.807, 2.05) is 0 Å². The number of hydrogen-bond donors (Lipinski definition) is 2. The molecule has 2 N–H and O–H groups in total. The fourth-order valence-electron chi connectivity index (χ4n) is 1.35. The Bertz CT molecular complexity index is 366. The number of ether oxygens (including phenoxy) is 1. The lowest BCUT2D eigenvalue weighted by atomic mass is 10.1. The molecule has 1 aromatic carbocycles. The van der Waals surface area contributed by atoms with Crippen LogP contribution in [0.5, 0.6) is 11.5 Å². The van der Waals surface area contributed by atoms with Crippen LogP contribution >= 0.6 is 11.6 Å². The fourth-order valence-corrected chi connectivity index (χ4v) is 1.57. The molecule has 0 saturated heterocycles. The van der Waals surface area contributed by atoms with Gasteiger partial charge < -0.3 is 14.9 Å². The van der Waals surface area contributed by atoms with Gasteiger partial charge in [0.1, 0.15) is 5.82 Å². The molecule has 0 amide bonds. The SMILES string of the molecule is COc1c(O)cc(Cl)c(F)c1CC(C)O. The molecule has 0 saturated carbocycles. The van der Waals surface area contributed by atoms with Crippen molar-refractivity contribution in [3.8, 4) is 11.5 Å². The first-order valence-electron chi connectivity index (χ1n) is 4.39. The molecule has 0 aliphatic carbocycles. The molecule has 15 heavy (non-hydrogen) atoms. The van der Waals surface area contributed by atoms with Crippen molar-refractivity contribution in [2.45, 2.75) is 19.4 Å². The zero-order valence-electron chi connectivity index (χ0n) is 8.42. The number of aromatic hydroxyl groups is 1. The lowest BCUT2D eigenvalue weighted by molar-refractivity contribution is 0.192. The lowest BCUT2D eigenvalue weighted by Crippen LogP contribution is -2.08. The summed E-state index contributed by atoms with van der Waals surface area (Å²) in [7, 11) is 1.31. The van der Waals surface area contributed by atoms with Crippen molar-refractivity contribution in [1.82, 2.24) is 0 Å². The maximum atomic E-state index is 13.6. The molecule has 84 valence electrons. The molecule has 1 rings (SSSR count). The Balaban J connectivity index is 3.30. The average Bonchev–Trinajstić information content (AvgIpc) is 2.13. The standard InChI is InChI=1S/C10H12ClFO3/c1-5(13)3-6-9(12)7(11)4-8(14)10(6)15-2/h4-5,13-14H,3H2,1-2H3. The van der Waals surface area contributed by atoms with Gasteiger partial charge in [-0.15, -0.1) is 0 Å². The first kappa shape index (κ1) is 12.1. The van der Waals surface area contributed by atoms with Crippen molar-refractivity contribution in [2.75, 3.05) is 7.11 Å². The van der Waals surface area contributed by atoms with Gasteiger partial charge in [-0.2, -0.15) is 0 Å². The van der Waals surface area contributed by atoms with Crippen molar-refractivity contribution in [2.24, 2.45) is 0 Å². The normalized spacial score (nSPS) is 12.6. The minimum Gasteiger partial charge on any atom is -0.504 e. The molecule has 1 unspecified atom stereocenters. The van der Waals surface area contributed by atoms with Gasteiger partial charge in [0.25, 0.3) is 0 Å². The number of phenolic OH excluding ortho intramolecular Hbond substituents is 1. The zero-order valence-corrected chi connectivity index (χ0v) is 9.18. The third-order valence-electron chi connectivity index (χ3n) is 1.95. The van der Waals surface area contributed by atoms with Crippen LogP contribution in [-0.4, -0.2) is 23.4 Å². The summed E-state index contributed by atoms with van der Waals surface area (Å²) in [6.45, 7) is 1.51. The van der Waals surface area contributed by atoms with Crippen LogP contribution in [0.3, 0.4) is 0 Å². The molecule has 0 heterocycles. The number of methoxy groups -OCH3 is 1. The summed E-state index contributed by atoms with van der Waals surface area (Å²) in [6.07, 6.45) is -0.713. The van der Waals surface area contributed by atoms with Gasteiger partial charge in [-0.05, 0) is 6.92 Å². The lowest BCUT2D eigenvalue weighted by Gasteiger charge is -2.13. The third-order valence-corrected chi connectivity index (χ3v) is 2.22. The molecule has 0 radical (unpaired) electrons. The van der Waals surface area contributed by atoms with Gasteiger partial charge in [0.05, 0.1) is 18.2 Å². The third kappa shape index (κ3) is 2.52. The van der Waals surface area contributed by atoms with Crippen LogP contribution in [0.25, 0.3) is 0 Å². The van der Waals surface area contributed by atoms with E-state index >= 15 is 0 Å². The van der Waals surface area contributed by atoms with Gasteiger partial charge in [-0.3, -0.25) is 0 Å². The van der Waals surface area contributed by atoms with Crippen LogP contribution in [0.15, 0.2) is 6.07 Å². The Morgan fingerprint density at radius 1 is 1.60 bits per heavy atom. The van der Waals surface area contributed by atoms with E-state index in [1.54, 1.807) is 0 Å². The Hall–Kier alpha value is -1.00. The second-order valence-corrected chi connectivity index (χ2v) is 3.66. The highest BCUT2D eigenvalue weighted by Crippen LogP contribution is 2.36. The predicted molar refractivity (Wildman–Crippen MR) is 55.0 cm³/mol. The van der Waals surface area contributed by atoms with E-state index in [-0.39, 0.29) is 28.5 Å². The summed E-state index contributed by atoms with van der Waals surface area (Å²) in [4.78, 5) is 0. The van der Waals surface area contributed by atoms with E-state index in [1.165, 1.54) is 14.0 Å². The minimum absolute atomic E-state index is 0.0119. The molecule has 0 aromatic heterocycles. The highest BCUT2D eigenvalue weighted by molar-refractivity contribution is 6.31. The van der Waals surface area contributed by atoms with Gasteiger partial charge in [0.15, 0.2) is 11.5 Å². The fraction of sp³-hybridized carbons (Fsp3) is 0.400. The Kier molecular flexibility index (Phi) is 3.77. The largest absolute Gasteiger partial charge is 0.504 e. The van der Waals surface area contributed by atoms with Crippen molar-refractivity contribution >= 4 is 11.6 Å². The summed E-state index contributed by atoms with van der Waals surface area (Å²) in [5, 5.41) is 18.4. The summed E-state index contributed by atoms with van der Waals surface area (Å²) in [6, 6.07) is 1.07. The first-order chi connectivity index (χ1) is 6.97. The van der Waals surface area contributed by atoms with E-state index in [0.717, 1.165) is 6.07 Å².